The topological polar surface area (TPSA) is 75.4 Å². The molecule has 6 nitrogen and oxygen atoms in total. The molecular formula is C23H27N5O. The Kier molecular flexibility index (Phi) is 4.96. The van der Waals surface area contributed by atoms with Crippen molar-refractivity contribution >= 4 is 22.5 Å². The molecule has 0 radical (unpaired) electrons. The normalized spacial score (nSPS) is 15.0. The third kappa shape index (κ3) is 3.80. The Morgan fingerprint density at radius 2 is 1.55 bits per heavy atom. The Bertz CT molecular complexity index is 1030. The van der Waals surface area contributed by atoms with Gasteiger partial charge in [-0.15, -0.1) is 10.2 Å². The average molecular weight is 390 g/mol. The highest BCUT2D eigenvalue weighted by Gasteiger charge is 2.31. The molecule has 1 amide bonds. The van der Waals surface area contributed by atoms with Crippen LogP contribution in [0.2, 0.25) is 0 Å². The lowest BCUT2D eigenvalue weighted by atomic mass is 10.0. The van der Waals surface area contributed by atoms with Gasteiger partial charge in [0.1, 0.15) is 5.69 Å². The van der Waals surface area contributed by atoms with Crippen molar-refractivity contribution in [1.29, 1.82) is 0 Å². The molecule has 0 atom stereocenters. The molecule has 1 fully saturated rings. The molecule has 0 bridgehead atoms. The van der Waals surface area contributed by atoms with Crippen LogP contribution >= 0.6 is 0 Å². The van der Waals surface area contributed by atoms with Crippen molar-refractivity contribution in [2.45, 2.75) is 26.3 Å². The number of piperazine rings is 1. The molecule has 0 saturated carbocycles. The van der Waals surface area contributed by atoms with E-state index in [9.17, 15) is 4.79 Å². The summed E-state index contributed by atoms with van der Waals surface area (Å²) in [5.41, 5.74) is 8.31. The first-order valence-corrected chi connectivity index (χ1v) is 10.0. The minimum atomic E-state index is -0.843. The Morgan fingerprint density at radius 1 is 0.931 bits per heavy atom. The molecule has 29 heavy (non-hydrogen) atoms. The van der Waals surface area contributed by atoms with Gasteiger partial charge in [-0.25, -0.2) is 0 Å². The number of aromatic nitrogens is 2. The van der Waals surface area contributed by atoms with Crippen LogP contribution in [0.5, 0.6) is 0 Å². The Balaban J connectivity index is 1.64. The van der Waals surface area contributed by atoms with Crippen LogP contribution in [0.4, 0.5) is 5.82 Å². The van der Waals surface area contributed by atoms with Crippen molar-refractivity contribution in [3.63, 3.8) is 0 Å². The Hall–Kier alpha value is -2.99. The molecule has 0 spiro atoms. The zero-order valence-corrected chi connectivity index (χ0v) is 17.2. The second-order valence-corrected chi connectivity index (χ2v) is 8.28. The second kappa shape index (κ2) is 7.44. The van der Waals surface area contributed by atoms with Crippen molar-refractivity contribution in [2.24, 2.45) is 5.73 Å². The van der Waals surface area contributed by atoms with E-state index < -0.39 is 5.54 Å². The van der Waals surface area contributed by atoms with Gasteiger partial charge in [0.05, 0.1) is 5.54 Å². The molecule has 0 aliphatic carbocycles. The highest BCUT2D eigenvalue weighted by molar-refractivity contribution is 6.00. The SMILES string of the molecule is Cc1ccc(-c2nnc(N3CCN(C(=O)C(C)(C)N)CC3)c3ccccc23)cc1. The fourth-order valence-electron chi connectivity index (χ4n) is 3.78. The maximum atomic E-state index is 12.5. The summed E-state index contributed by atoms with van der Waals surface area (Å²) >= 11 is 0. The number of anilines is 1. The van der Waals surface area contributed by atoms with Gasteiger partial charge < -0.3 is 15.5 Å². The van der Waals surface area contributed by atoms with Crippen LogP contribution in [0, 0.1) is 6.92 Å². The number of nitrogens with two attached hydrogens (primary N) is 1. The van der Waals surface area contributed by atoms with Gasteiger partial charge in [0.25, 0.3) is 0 Å². The van der Waals surface area contributed by atoms with E-state index >= 15 is 0 Å². The van der Waals surface area contributed by atoms with E-state index in [0.717, 1.165) is 27.8 Å². The second-order valence-electron chi connectivity index (χ2n) is 8.28. The standard InChI is InChI=1S/C23H27N5O/c1-16-8-10-17(11-9-16)20-18-6-4-5-7-19(18)21(26-25-20)27-12-14-28(15-13-27)22(29)23(2,3)24/h4-11H,12-15,24H2,1-3H3. The third-order valence-corrected chi connectivity index (χ3v) is 5.41. The van der Waals surface area contributed by atoms with Gasteiger partial charge in [0, 0.05) is 42.5 Å². The molecule has 6 heteroatoms. The predicted molar refractivity (Wildman–Crippen MR) is 117 cm³/mol. The summed E-state index contributed by atoms with van der Waals surface area (Å²) in [5, 5.41) is 11.3. The van der Waals surface area contributed by atoms with Crippen molar-refractivity contribution in [1.82, 2.24) is 15.1 Å². The van der Waals surface area contributed by atoms with Gasteiger partial charge in [-0.1, -0.05) is 54.1 Å². The molecule has 150 valence electrons. The number of carbonyl (C=O) groups is 1. The highest BCUT2D eigenvalue weighted by atomic mass is 16.2. The summed E-state index contributed by atoms with van der Waals surface area (Å²) in [7, 11) is 0. The molecule has 1 aliphatic rings. The van der Waals surface area contributed by atoms with Crippen LogP contribution in [-0.4, -0.2) is 52.7 Å². The molecule has 3 aromatic rings. The number of amides is 1. The molecular weight excluding hydrogens is 362 g/mol. The molecule has 0 unspecified atom stereocenters. The number of benzene rings is 2. The molecule has 1 aromatic heterocycles. The number of rotatable bonds is 3. The Morgan fingerprint density at radius 3 is 2.17 bits per heavy atom. The minimum Gasteiger partial charge on any atom is -0.351 e. The van der Waals surface area contributed by atoms with E-state index in [1.165, 1.54) is 5.56 Å². The summed E-state index contributed by atoms with van der Waals surface area (Å²) in [6.07, 6.45) is 0. The van der Waals surface area contributed by atoms with Crippen molar-refractivity contribution in [2.75, 3.05) is 31.1 Å². The molecule has 2 N–H and O–H groups in total. The largest absolute Gasteiger partial charge is 0.351 e. The average Bonchev–Trinajstić information content (AvgIpc) is 2.73. The van der Waals surface area contributed by atoms with Crippen molar-refractivity contribution in [3.05, 3.63) is 54.1 Å². The molecule has 2 heterocycles. The number of carbonyl (C=O) groups excluding carboxylic acids is 1. The van der Waals surface area contributed by atoms with E-state index in [4.69, 9.17) is 5.73 Å². The summed E-state index contributed by atoms with van der Waals surface area (Å²) in [5.74, 6) is 0.860. The van der Waals surface area contributed by atoms with Crippen LogP contribution in [-0.2, 0) is 4.79 Å². The summed E-state index contributed by atoms with van der Waals surface area (Å²) in [6.45, 7) is 8.28. The lowest BCUT2D eigenvalue weighted by Gasteiger charge is -2.38. The number of hydrogen-bond acceptors (Lipinski definition) is 5. The van der Waals surface area contributed by atoms with Gasteiger partial charge in [0.2, 0.25) is 5.91 Å². The fourth-order valence-corrected chi connectivity index (χ4v) is 3.78. The zero-order chi connectivity index (χ0) is 20.6. The summed E-state index contributed by atoms with van der Waals surface area (Å²) < 4.78 is 0. The van der Waals surface area contributed by atoms with Gasteiger partial charge in [0.15, 0.2) is 5.82 Å². The van der Waals surface area contributed by atoms with E-state index in [1.54, 1.807) is 13.8 Å². The van der Waals surface area contributed by atoms with Gasteiger partial charge in [-0.05, 0) is 20.8 Å². The molecule has 1 saturated heterocycles. The van der Waals surface area contributed by atoms with Crippen LogP contribution in [0.1, 0.15) is 19.4 Å². The van der Waals surface area contributed by atoms with Crippen LogP contribution in [0.15, 0.2) is 48.5 Å². The fraction of sp³-hybridized carbons (Fsp3) is 0.348. The summed E-state index contributed by atoms with van der Waals surface area (Å²) in [4.78, 5) is 16.5. The minimum absolute atomic E-state index is 0.0113. The van der Waals surface area contributed by atoms with E-state index in [1.807, 2.05) is 17.0 Å². The maximum absolute atomic E-state index is 12.5. The number of aryl methyl sites for hydroxylation is 1. The van der Waals surface area contributed by atoms with Gasteiger partial charge >= 0.3 is 0 Å². The number of hydrogen-bond donors (Lipinski definition) is 1. The first-order chi connectivity index (χ1) is 13.8. The predicted octanol–water partition coefficient (Wildman–Crippen LogP) is 2.99. The van der Waals surface area contributed by atoms with Crippen LogP contribution < -0.4 is 10.6 Å². The van der Waals surface area contributed by atoms with E-state index in [0.29, 0.717) is 26.2 Å². The lowest BCUT2D eigenvalue weighted by molar-refractivity contribution is -0.136. The molecule has 1 aliphatic heterocycles. The smallest absolute Gasteiger partial charge is 0.242 e. The van der Waals surface area contributed by atoms with Crippen molar-refractivity contribution in [3.8, 4) is 11.3 Å². The van der Waals surface area contributed by atoms with Gasteiger partial charge in [-0.2, -0.15) is 0 Å². The van der Waals surface area contributed by atoms with E-state index in [-0.39, 0.29) is 5.91 Å². The highest BCUT2D eigenvalue weighted by Crippen LogP contribution is 2.32. The van der Waals surface area contributed by atoms with Crippen LogP contribution in [0.25, 0.3) is 22.0 Å². The third-order valence-electron chi connectivity index (χ3n) is 5.41. The van der Waals surface area contributed by atoms with Crippen molar-refractivity contribution < 1.29 is 4.79 Å². The van der Waals surface area contributed by atoms with Crippen LogP contribution in [0.3, 0.4) is 0 Å². The lowest BCUT2D eigenvalue weighted by Crippen LogP contribution is -2.57. The zero-order valence-electron chi connectivity index (χ0n) is 17.2. The van der Waals surface area contributed by atoms with Gasteiger partial charge in [-0.3, -0.25) is 4.79 Å². The number of fused-ring (bicyclic) bond motifs is 1. The number of nitrogens with zero attached hydrogens (tertiary/aromatic N) is 4. The summed E-state index contributed by atoms with van der Waals surface area (Å²) in [6, 6.07) is 16.6. The molecule has 4 rings (SSSR count). The molecule has 2 aromatic carbocycles. The maximum Gasteiger partial charge on any atom is 0.242 e. The van der Waals surface area contributed by atoms with E-state index in [2.05, 4.69) is 58.4 Å². The first-order valence-electron chi connectivity index (χ1n) is 10.0. The Labute approximate surface area is 171 Å². The monoisotopic (exact) mass is 389 g/mol. The first kappa shape index (κ1) is 19.3. The quantitative estimate of drug-likeness (QED) is 0.745.